The smallest absolute Gasteiger partial charge is 0.260 e. The second-order valence-corrected chi connectivity index (χ2v) is 6.64. The number of methoxy groups -OCH3 is 1. The first-order valence-electron chi connectivity index (χ1n) is 7.96. The molecule has 0 bridgehead atoms. The zero-order chi connectivity index (χ0) is 19.1. The minimum atomic E-state index is -0.288. The summed E-state index contributed by atoms with van der Waals surface area (Å²) in [5, 5.41) is 2.80. The van der Waals surface area contributed by atoms with Crippen LogP contribution in [0.4, 0.5) is 5.69 Å². The molecule has 6 nitrogen and oxygen atoms in total. The molecule has 0 aliphatic carbocycles. The van der Waals surface area contributed by atoms with Crippen LogP contribution in [0.15, 0.2) is 46.9 Å². The van der Waals surface area contributed by atoms with Gasteiger partial charge in [0.05, 0.1) is 13.7 Å². The van der Waals surface area contributed by atoms with E-state index in [1.807, 2.05) is 25.1 Å². The molecule has 138 valence electrons. The summed E-state index contributed by atoms with van der Waals surface area (Å²) in [6.07, 6.45) is 0. The Balaban J connectivity index is 1.82. The van der Waals surface area contributed by atoms with Crippen LogP contribution < -0.4 is 14.8 Å². The van der Waals surface area contributed by atoms with Gasteiger partial charge < -0.3 is 19.7 Å². The predicted molar refractivity (Wildman–Crippen MR) is 104 cm³/mol. The number of anilines is 1. The molecule has 7 heteroatoms. The van der Waals surface area contributed by atoms with E-state index in [1.54, 1.807) is 38.4 Å². The number of hydrogen-bond acceptors (Lipinski definition) is 4. The van der Waals surface area contributed by atoms with E-state index in [9.17, 15) is 9.59 Å². The quantitative estimate of drug-likeness (QED) is 0.746. The summed E-state index contributed by atoms with van der Waals surface area (Å²) in [5.41, 5.74) is 1.65. The van der Waals surface area contributed by atoms with Crippen LogP contribution in [0.1, 0.15) is 5.56 Å². The Morgan fingerprint density at radius 3 is 2.38 bits per heavy atom. The zero-order valence-corrected chi connectivity index (χ0v) is 16.5. The Morgan fingerprint density at radius 2 is 1.77 bits per heavy atom. The van der Waals surface area contributed by atoms with Crippen molar-refractivity contribution in [2.24, 2.45) is 0 Å². The van der Waals surface area contributed by atoms with Crippen molar-refractivity contribution in [1.82, 2.24) is 4.90 Å². The van der Waals surface area contributed by atoms with Gasteiger partial charge in [-0.3, -0.25) is 9.59 Å². The van der Waals surface area contributed by atoms with Crippen molar-refractivity contribution in [2.45, 2.75) is 6.92 Å². The van der Waals surface area contributed by atoms with Gasteiger partial charge in [-0.05, 0) is 55.0 Å². The third-order valence-electron chi connectivity index (χ3n) is 3.69. The van der Waals surface area contributed by atoms with Crippen molar-refractivity contribution < 1.29 is 19.1 Å². The van der Waals surface area contributed by atoms with Crippen LogP contribution >= 0.6 is 15.9 Å². The first-order chi connectivity index (χ1) is 12.4. The van der Waals surface area contributed by atoms with E-state index in [4.69, 9.17) is 9.47 Å². The summed E-state index contributed by atoms with van der Waals surface area (Å²) in [5.74, 6) is 0.711. The predicted octanol–water partition coefficient (Wildman–Crippen LogP) is 3.24. The highest BCUT2D eigenvalue weighted by Crippen LogP contribution is 2.20. The standard InChI is InChI=1S/C19H21BrN2O4/c1-13-10-14(20)4-9-17(13)21-18(23)11-22(2)19(24)12-26-16-7-5-15(25-3)6-8-16/h4-10H,11-12H2,1-3H3,(H,21,23). The van der Waals surface area contributed by atoms with Gasteiger partial charge in [0.2, 0.25) is 5.91 Å². The number of nitrogens with zero attached hydrogens (tertiary/aromatic N) is 1. The number of ether oxygens (including phenoxy) is 2. The Hall–Kier alpha value is -2.54. The van der Waals surface area contributed by atoms with Crippen LogP contribution in [-0.4, -0.2) is 44.0 Å². The molecule has 0 atom stereocenters. The summed E-state index contributed by atoms with van der Waals surface area (Å²) in [6, 6.07) is 12.5. The van der Waals surface area contributed by atoms with Crippen molar-refractivity contribution in [1.29, 1.82) is 0 Å². The van der Waals surface area contributed by atoms with Crippen molar-refractivity contribution >= 4 is 33.4 Å². The minimum Gasteiger partial charge on any atom is -0.497 e. The average molecular weight is 421 g/mol. The van der Waals surface area contributed by atoms with Crippen LogP contribution in [0, 0.1) is 6.92 Å². The number of rotatable bonds is 7. The van der Waals surface area contributed by atoms with Gasteiger partial charge in [-0.25, -0.2) is 0 Å². The van der Waals surface area contributed by atoms with Gasteiger partial charge in [0.15, 0.2) is 6.61 Å². The largest absolute Gasteiger partial charge is 0.497 e. The van der Waals surface area contributed by atoms with Gasteiger partial charge in [-0.15, -0.1) is 0 Å². The number of aryl methyl sites for hydroxylation is 1. The Bertz CT molecular complexity index is 778. The first kappa shape index (κ1) is 19.8. The maximum Gasteiger partial charge on any atom is 0.260 e. The molecule has 1 N–H and O–H groups in total. The fourth-order valence-corrected chi connectivity index (χ4v) is 2.66. The lowest BCUT2D eigenvalue weighted by atomic mass is 10.2. The fourth-order valence-electron chi connectivity index (χ4n) is 2.19. The van der Waals surface area contributed by atoms with E-state index >= 15 is 0 Å². The van der Waals surface area contributed by atoms with Gasteiger partial charge in [0.25, 0.3) is 5.91 Å². The van der Waals surface area contributed by atoms with Gasteiger partial charge in [-0.1, -0.05) is 15.9 Å². The molecular formula is C19H21BrN2O4. The van der Waals surface area contributed by atoms with Crippen molar-refractivity contribution in [3.63, 3.8) is 0 Å². The summed E-state index contributed by atoms with van der Waals surface area (Å²) < 4.78 is 11.4. The van der Waals surface area contributed by atoms with Crippen molar-refractivity contribution in [2.75, 3.05) is 32.6 Å². The molecule has 0 aliphatic heterocycles. The van der Waals surface area contributed by atoms with Gasteiger partial charge in [0, 0.05) is 17.2 Å². The fraction of sp³-hybridized carbons (Fsp3) is 0.263. The number of benzene rings is 2. The normalized spacial score (nSPS) is 10.2. The number of hydrogen-bond donors (Lipinski definition) is 1. The van der Waals surface area contributed by atoms with Gasteiger partial charge >= 0.3 is 0 Å². The van der Waals surface area contributed by atoms with Crippen LogP contribution in [0.3, 0.4) is 0 Å². The van der Waals surface area contributed by atoms with E-state index in [1.165, 1.54) is 4.90 Å². The lowest BCUT2D eigenvalue weighted by molar-refractivity contribution is -0.135. The number of likely N-dealkylation sites (N-methyl/N-ethyl adjacent to an activating group) is 1. The molecule has 0 aromatic heterocycles. The molecular weight excluding hydrogens is 400 g/mol. The molecule has 2 amide bonds. The highest BCUT2D eigenvalue weighted by molar-refractivity contribution is 9.10. The molecule has 2 rings (SSSR count). The lowest BCUT2D eigenvalue weighted by Gasteiger charge is -2.17. The molecule has 0 saturated heterocycles. The van der Waals surface area contributed by atoms with E-state index < -0.39 is 0 Å². The van der Waals surface area contributed by atoms with Gasteiger partial charge in [-0.2, -0.15) is 0 Å². The van der Waals surface area contributed by atoms with E-state index in [-0.39, 0.29) is 25.0 Å². The molecule has 0 unspecified atom stereocenters. The third kappa shape index (κ3) is 5.77. The minimum absolute atomic E-state index is 0.0552. The van der Waals surface area contributed by atoms with E-state index in [2.05, 4.69) is 21.2 Å². The molecule has 0 spiro atoms. The molecule has 26 heavy (non-hydrogen) atoms. The number of carbonyl (C=O) groups excluding carboxylic acids is 2. The van der Waals surface area contributed by atoms with Crippen molar-refractivity contribution in [3.8, 4) is 11.5 Å². The van der Waals surface area contributed by atoms with Crippen LogP contribution in [-0.2, 0) is 9.59 Å². The zero-order valence-electron chi connectivity index (χ0n) is 14.9. The van der Waals surface area contributed by atoms with E-state index in [0.717, 1.165) is 10.0 Å². The summed E-state index contributed by atoms with van der Waals surface area (Å²) in [7, 11) is 3.14. The van der Waals surface area contributed by atoms with Crippen LogP contribution in [0.25, 0.3) is 0 Å². The average Bonchev–Trinajstić information content (AvgIpc) is 2.62. The highest BCUT2D eigenvalue weighted by atomic mass is 79.9. The lowest BCUT2D eigenvalue weighted by Crippen LogP contribution is -2.37. The maximum absolute atomic E-state index is 12.1. The molecule has 2 aromatic rings. The maximum atomic E-state index is 12.1. The Morgan fingerprint density at radius 1 is 1.12 bits per heavy atom. The number of nitrogens with one attached hydrogen (secondary N) is 1. The highest BCUT2D eigenvalue weighted by Gasteiger charge is 2.14. The molecule has 0 radical (unpaired) electrons. The first-order valence-corrected chi connectivity index (χ1v) is 8.75. The Kier molecular flexibility index (Phi) is 7.03. The second-order valence-electron chi connectivity index (χ2n) is 5.72. The van der Waals surface area contributed by atoms with E-state index in [0.29, 0.717) is 17.2 Å². The third-order valence-corrected chi connectivity index (χ3v) is 4.18. The molecule has 0 fully saturated rings. The molecule has 2 aromatic carbocycles. The number of halogens is 1. The van der Waals surface area contributed by atoms with Crippen molar-refractivity contribution in [3.05, 3.63) is 52.5 Å². The van der Waals surface area contributed by atoms with Gasteiger partial charge in [0.1, 0.15) is 11.5 Å². The number of carbonyl (C=O) groups is 2. The molecule has 0 heterocycles. The van der Waals surface area contributed by atoms with Crippen LogP contribution in [0.5, 0.6) is 11.5 Å². The molecule has 0 saturated carbocycles. The topological polar surface area (TPSA) is 67.9 Å². The summed E-state index contributed by atoms with van der Waals surface area (Å²) in [4.78, 5) is 25.6. The second kappa shape index (κ2) is 9.24. The molecule has 0 aliphatic rings. The monoisotopic (exact) mass is 420 g/mol. The number of amides is 2. The Labute approximate surface area is 161 Å². The van der Waals surface area contributed by atoms with Crippen LogP contribution in [0.2, 0.25) is 0 Å². The summed E-state index contributed by atoms with van der Waals surface area (Å²) in [6.45, 7) is 1.70. The summed E-state index contributed by atoms with van der Waals surface area (Å²) >= 11 is 3.38. The SMILES string of the molecule is COc1ccc(OCC(=O)N(C)CC(=O)Nc2ccc(Br)cc2C)cc1.